The highest BCUT2D eigenvalue weighted by atomic mass is 16.7. The third-order valence-electron chi connectivity index (χ3n) is 2.41. The fourth-order valence-electron chi connectivity index (χ4n) is 1.93. The molecule has 1 aliphatic heterocycles. The number of hydrogen-bond donors (Lipinski definition) is 0. The van der Waals surface area contributed by atoms with Crippen molar-refractivity contribution in [1.29, 1.82) is 0 Å². The van der Waals surface area contributed by atoms with Crippen molar-refractivity contribution in [3.05, 3.63) is 0 Å². The van der Waals surface area contributed by atoms with Crippen molar-refractivity contribution in [2.24, 2.45) is 0 Å². The second-order valence-electron chi connectivity index (χ2n) is 4.60. The molecule has 0 saturated carbocycles. The summed E-state index contributed by atoms with van der Waals surface area (Å²) in [5, 5.41) is 0. The van der Waals surface area contributed by atoms with Crippen LogP contribution in [0.1, 0.15) is 53.4 Å². The van der Waals surface area contributed by atoms with E-state index in [9.17, 15) is 0 Å². The molecule has 1 fully saturated rings. The minimum Gasteiger partial charge on any atom is -0.350 e. The molecule has 0 aromatic heterocycles. The second kappa shape index (κ2) is 4.43. The van der Waals surface area contributed by atoms with Crippen molar-refractivity contribution < 1.29 is 9.47 Å². The van der Waals surface area contributed by atoms with Gasteiger partial charge in [0.1, 0.15) is 0 Å². The predicted molar refractivity (Wildman–Crippen MR) is 53.6 cm³/mol. The monoisotopic (exact) mass is 186 g/mol. The van der Waals surface area contributed by atoms with E-state index in [1.807, 2.05) is 0 Å². The molecule has 1 aliphatic rings. The largest absolute Gasteiger partial charge is 0.350 e. The molecule has 2 atom stereocenters. The minimum absolute atomic E-state index is 0.00389. The Kier molecular flexibility index (Phi) is 3.74. The first-order chi connectivity index (χ1) is 6.03. The lowest BCUT2D eigenvalue weighted by atomic mass is 9.99. The van der Waals surface area contributed by atoms with Crippen molar-refractivity contribution in [2.75, 3.05) is 0 Å². The van der Waals surface area contributed by atoms with E-state index in [1.165, 1.54) is 12.8 Å². The predicted octanol–water partition coefficient (Wildman–Crippen LogP) is 3.11. The first-order valence-electron chi connectivity index (χ1n) is 5.37. The van der Waals surface area contributed by atoms with Gasteiger partial charge in [-0.3, -0.25) is 0 Å². The lowest BCUT2D eigenvalue weighted by Crippen LogP contribution is -2.42. The third kappa shape index (κ3) is 3.65. The summed E-state index contributed by atoms with van der Waals surface area (Å²) in [5.74, 6) is 0. The molecule has 2 unspecified atom stereocenters. The highest BCUT2D eigenvalue weighted by molar-refractivity contribution is 4.77. The molecule has 78 valence electrons. The Balaban J connectivity index is 2.38. The highest BCUT2D eigenvalue weighted by Gasteiger charge is 2.32. The molecule has 2 nitrogen and oxygen atoms in total. The molecule has 0 radical (unpaired) electrons. The Morgan fingerprint density at radius 3 is 2.62 bits per heavy atom. The SMILES string of the molecule is CCCCC1OC(C)CC(C)(C)O1. The fraction of sp³-hybridized carbons (Fsp3) is 1.00. The highest BCUT2D eigenvalue weighted by Crippen LogP contribution is 2.29. The van der Waals surface area contributed by atoms with Crippen molar-refractivity contribution in [1.82, 2.24) is 0 Å². The Hall–Kier alpha value is -0.0800. The van der Waals surface area contributed by atoms with Gasteiger partial charge in [-0.2, -0.15) is 0 Å². The maximum atomic E-state index is 5.82. The average Bonchev–Trinajstić information content (AvgIpc) is 1.97. The molecular formula is C11H22O2. The molecule has 1 saturated heterocycles. The summed E-state index contributed by atoms with van der Waals surface area (Å²) < 4.78 is 11.5. The summed E-state index contributed by atoms with van der Waals surface area (Å²) in [4.78, 5) is 0. The van der Waals surface area contributed by atoms with Crippen LogP contribution in [-0.4, -0.2) is 18.0 Å². The third-order valence-corrected chi connectivity index (χ3v) is 2.41. The van der Waals surface area contributed by atoms with Gasteiger partial charge in [-0.25, -0.2) is 0 Å². The van der Waals surface area contributed by atoms with Gasteiger partial charge in [0.25, 0.3) is 0 Å². The van der Waals surface area contributed by atoms with Crippen molar-refractivity contribution in [2.45, 2.75) is 71.4 Å². The van der Waals surface area contributed by atoms with Gasteiger partial charge in [0.05, 0.1) is 11.7 Å². The topological polar surface area (TPSA) is 18.5 Å². The maximum absolute atomic E-state index is 5.82. The normalized spacial score (nSPS) is 33.2. The van der Waals surface area contributed by atoms with Crippen LogP contribution in [0.5, 0.6) is 0 Å². The van der Waals surface area contributed by atoms with Gasteiger partial charge in [-0.1, -0.05) is 13.3 Å². The molecule has 13 heavy (non-hydrogen) atoms. The van der Waals surface area contributed by atoms with Crippen LogP contribution in [0.25, 0.3) is 0 Å². The Labute approximate surface area is 81.6 Å². The molecule has 0 amide bonds. The molecule has 0 aromatic rings. The lowest BCUT2D eigenvalue weighted by Gasteiger charge is -2.39. The van der Waals surface area contributed by atoms with Gasteiger partial charge in [-0.05, 0) is 33.6 Å². The Morgan fingerprint density at radius 1 is 1.38 bits per heavy atom. The van der Waals surface area contributed by atoms with Gasteiger partial charge in [0, 0.05) is 6.42 Å². The lowest BCUT2D eigenvalue weighted by molar-refractivity contribution is -0.270. The van der Waals surface area contributed by atoms with E-state index in [2.05, 4.69) is 27.7 Å². The molecule has 0 aromatic carbocycles. The first kappa shape index (κ1) is 11.0. The van der Waals surface area contributed by atoms with Crippen LogP contribution < -0.4 is 0 Å². The van der Waals surface area contributed by atoms with E-state index in [4.69, 9.17) is 9.47 Å². The van der Waals surface area contributed by atoms with Crippen LogP contribution in [0.4, 0.5) is 0 Å². The number of hydrogen-bond acceptors (Lipinski definition) is 2. The van der Waals surface area contributed by atoms with Crippen LogP contribution >= 0.6 is 0 Å². The zero-order valence-corrected chi connectivity index (χ0v) is 9.30. The summed E-state index contributed by atoms with van der Waals surface area (Å²) in [5.41, 5.74) is -0.00389. The van der Waals surface area contributed by atoms with Crippen molar-refractivity contribution in [3.63, 3.8) is 0 Å². The van der Waals surface area contributed by atoms with Crippen LogP contribution in [0.3, 0.4) is 0 Å². The van der Waals surface area contributed by atoms with E-state index in [0.717, 1.165) is 12.8 Å². The van der Waals surface area contributed by atoms with Gasteiger partial charge >= 0.3 is 0 Å². The fourth-order valence-corrected chi connectivity index (χ4v) is 1.93. The molecule has 2 heteroatoms. The molecule has 0 N–H and O–H groups in total. The number of unbranched alkanes of at least 4 members (excludes halogenated alkanes) is 1. The molecule has 1 heterocycles. The zero-order chi connectivity index (χ0) is 9.90. The average molecular weight is 186 g/mol. The van der Waals surface area contributed by atoms with E-state index in [0.29, 0.717) is 6.10 Å². The smallest absolute Gasteiger partial charge is 0.158 e. The number of rotatable bonds is 3. The quantitative estimate of drug-likeness (QED) is 0.674. The standard InChI is InChI=1S/C11H22O2/c1-5-6-7-10-12-9(2)8-11(3,4)13-10/h9-10H,5-8H2,1-4H3. The summed E-state index contributed by atoms with van der Waals surface area (Å²) >= 11 is 0. The van der Waals surface area contributed by atoms with E-state index in [1.54, 1.807) is 0 Å². The zero-order valence-electron chi connectivity index (χ0n) is 9.30. The van der Waals surface area contributed by atoms with Crippen molar-refractivity contribution >= 4 is 0 Å². The molecule has 1 rings (SSSR count). The van der Waals surface area contributed by atoms with Gasteiger partial charge in [0.15, 0.2) is 6.29 Å². The summed E-state index contributed by atoms with van der Waals surface area (Å²) in [6.07, 6.45) is 4.79. The van der Waals surface area contributed by atoms with Gasteiger partial charge in [0.2, 0.25) is 0 Å². The Bertz CT molecular complexity index is 154. The molecular weight excluding hydrogens is 164 g/mol. The second-order valence-corrected chi connectivity index (χ2v) is 4.60. The van der Waals surface area contributed by atoms with E-state index < -0.39 is 0 Å². The summed E-state index contributed by atoms with van der Waals surface area (Å²) in [7, 11) is 0. The molecule has 0 aliphatic carbocycles. The van der Waals surface area contributed by atoms with Crippen molar-refractivity contribution in [3.8, 4) is 0 Å². The van der Waals surface area contributed by atoms with E-state index in [-0.39, 0.29) is 11.9 Å². The van der Waals surface area contributed by atoms with Crippen LogP contribution in [0.2, 0.25) is 0 Å². The summed E-state index contributed by atoms with van der Waals surface area (Å²) in [6.45, 7) is 8.61. The first-order valence-corrected chi connectivity index (χ1v) is 5.37. The van der Waals surface area contributed by atoms with Crippen LogP contribution in [0, 0.1) is 0 Å². The maximum Gasteiger partial charge on any atom is 0.158 e. The Morgan fingerprint density at radius 2 is 2.08 bits per heavy atom. The van der Waals surface area contributed by atoms with Crippen LogP contribution in [0.15, 0.2) is 0 Å². The van der Waals surface area contributed by atoms with E-state index >= 15 is 0 Å². The number of ether oxygens (including phenoxy) is 2. The molecule has 0 bridgehead atoms. The van der Waals surface area contributed by atoms with Gasteiger partial charge < -0.3 is 9.47 Å². The van der Waals surface area contributed by atoms with Gasteiger partial charge in [-0.15, -0.1) is 0 Å². The summed E-state index contributed by atoms with van der Waals surface area (Å²) in [6, 6.07) is 0. The van der Waals surface area contributed by atoms with Crippen LogP contribution in [-0.2, 0) is 9.47 Å². The molecule has 0 spiro atoms. The minimum atomic E-state index is -0.00389.